The first-order chi connectivity index (χ1) is 8.08. The van der Waals surface area contributed by atoms with Crippen molar-refractivity contribution in [1.82, 2.24) is 4.90 Å². The molecule has 0 aliphatic heterocycles. The number of rotatable bonds is 8. The molecule has 0 aromatic heterocycles. The molecule has 17 heavy (non-hydrogen) atoms. The van der Waals surface area contributed by atoms with Crippen LogP contribution in [-0.4, -0.2) is 43.5 Å². The van der Waals surface area contributed by atoms with Crippen LogP contribution in [0, 0.1) is 5.92 Å². The van der Waals surface area contributed by atoms with E-state index in [-0.39, 0.29) is 24.8 Å². The average molecular weight is 244 g/mol. The second-order valence-electron chi connectivity index (χ2n) is 4.07. The van der Waals surface area contributed by atoms with Gasteiger partial charge in [0.05, 0.1) is 7.11 Å². The second kappa shape index (κ2) is 8.98. The summed E-state index contributed by atoms with van der Waals surface area (Å²) >= 11 is 0. The van der Waals surface area contributed by atoms with Gasteiger partial charge in [-0.2, -0.15) is 0 Å². The molecule has 0 radical (unpaired) electrons. The van der Waals surface area contributed by atoms with Crippen LogP contribution in [0.4, 0.5) is 0 Å². The fourth-order valence-electron chi connectivity index (χ4n) is 1.62. The molecular formula is C12H24N2O3. The van der Waals surface area contributed by atoms with E-state index in [0.29, 0.717) is 19.0 Å². The highest BCUT2D eigenvalue weighted by molar-refractivity contribution is 5.82. The van der Waals surface area contributed by atoms with Gasteiger partial charge in [0.15, 0.2) is 0 Å². The first kappa shape index (κ1) is 15.9. The molecule has 0 bridgehead atoms. The van der Waals surface area contributed by atoms with Crippen LogP contribution in [-0.2, 0) is 14.3 Å². The molecule has 5 heteroatoms. The van der Waals surface area contributed by atoms with Gasteiger partial charge in [0.2, 0.25) is 5.91 Å². The summed E-state index contributed by atoms with van der Waals surface area (Å²) in [6, 6.07) is 0. The number of hydrogen-bond donors (Lipinski definition) is 1. The lowest BCUT2D eigenvalue weighted by molar-refractivity contribution is -0.147. The molecule has 0 aromatic carbocycles. The lowest BCUT2D eigenvalue weighted by atomic mass is 10.0. The number of nitrogens with zero attached hydrogens (tertiary/aromatic N) is 1. The molecule has 0 aliphatic carbocycles. The zero-order chi connectivity index (χ0) is 13.3. The Morgan fingerprint density at radius 3 is 2.29 bits per heavy atom. The number of carbonyl (C=O) groups is 2. The minimum Gasteiger partial charge on any atom is -0.468 e. The Bertz CT molecular complexity index is 240. The van der Waals surface area contributed by atoms with Gasteiger partial charge in [-0.1, -0.05) is 26.7 Å². The molecule has 100 valence electrons. The Hall–Kier alpha value is -1.10. The van der Waals surface area contributed by atoms with Crippen molar-refractivity contribution in [3.8, 4) is 0 Å². The molecule has 1 amide bonds. The summed E-state index contributed by atoms with van der Waals surface area (Å²) in [5.41, 5.74) is 5.36. The largest absolute Gasteiger partial charge is 0.468 e. The minimum atomic E-state index is -0.388. The molecule has 0 spiro atoms. The van der Waals surface area contributed by atoms with Gasteiger partial charge in [0.1, 0.15) is 6.54 Å². The van der Waals surface area contributed by atoms with E-state index in [1.165, 1.54) is 7.11 Å². The summed E-state index contributed by atoms with van der Waals surface area (Å²) in [7, 11) is 1.32. The Morgan fingerprint density at radius 1 is 1.29 bits per heavy atom. The van der Waals surface area contributed by atoms with Crippen LogP contribution in [0.25, 0.3) is 0 Å². The number of amides is 1. The quantitative estimate of drug-likeness (QED) is 0.640. The molecule has 2 N–H and O–H groups in total. The van der Waals surface area contributed by atoms with Crippen molar-refractivity contribution in [2.24, 2.45) is 11.7 Å². The number of hydrogen-bond acceptors (Lipinski definition) is 4. The van der Waals surface area contributed by atoms with E-state index in [4.69, 9.17) is 5.73 Å². The maximum atomic E-state index is 11.8. The lowest BCUT2D eigenvalue weighted by Gasteiger charge is -2.25. The van der Waals surface area contributed by atoms with Crippen LogP contribution < -0.4 is 5.73 Å². The van der Waals surface area contributed by atoms with Gasteiger partial charge in [0.25, 0.3) is 0 Å². The Balaban J connectivity index is 4.48. The Labute approximate surface area is 103 Å². The SMILES string of the molecule is CCC(CC)CN(CC(=O)OC)C(=O)CCN. The smallest absolute Gasteiger partial charge is 0.325 e. The van der Waals surface area contributed by atoms with Crippen molar-refractivity contribution in [1.29, 1.82) is 0 Å². The van der Waals surface area contributed by atoms with Crippen LogP contribution in [0.2, 0.25) is 0 Å². The predicted octanol–water partition coefficient (Wildman–Crippen LogP) is 0.773. The minimum absolute atomic E-state index is 0.0197. The third-order valence-corrected chi connectivity index (χ3v) is 2.89. The molecule has 0 saturated heterocycles. The van der Waals surface area contributed by atoms with Crippen LogP contribution in [0.1, 0.15) is 33.1 Å². The average Bonchev–Trinajstić information content (AvgIpc) is 2.34. The normalized spacial score (nSPS) is 10.4. The lowest BCUT2D eigenvalue weighted by Crippen LogP contribution is -2.40. The molecule has 0 rings (SSSR count). The monoisotopic (exact) mass is 244 g/mol. The highest BCUT2D eigenvalue weighted by atomic mass is 16.5. The van der Waals surface area contributed by atoms with E-state index >= 15 is 0 Å². The van der Waals surface area contributed by atoms with E-state index < -0.39 is 0 Å². The van der Waals surface area contributed by atoms with Crippen LogP contribution >= 0.6 is 0 Å². The second-order valence-corrected chi connectivity index (χ2v) is 4.07. The van der Waals surface area contributed by atoms with E-state index in [1.54, 1.807) is 4.90 Å². The number of carbonyl (C=O) groups excluding carboxylic acids is 2. The molecule has 0 aliphatic rings. The van der Waals surface area contributed by atoms with Gasteiger partial charge in [-0.25, -0.2) is 0 Å². The summed E-state index contributed by atoms with van der Waals surface area (Å²) in [4.78, 5) is 24.6. The first-order valence-electron chi connectivity index (χ1n) is 6.13. The maximum absolute atomic E-state index is 11.8. The summed E-state index contributed by atoms with van der Waals surface area (Å²) < 4.78 is 4.59. The zero-order valence-electron chi connectivity index (χ0n) is 11.1. The van der Waals surface area contributed by atoms with Crippen LogP contribution in [0.3, 0.4) is 0 Å². The topological polar surface area (TPSA) is 72.6 Å². The number of methoxy groups -OCH3 is 1. The van der Waals surface area contributed by atoms with Crippen LogP contribution in [0.15, 0.2) is 0 Å². The van der Waals surface area contributed by atoms with Gasteiger partial charge in [-0.15, -0.1) is 0 Å². The van der Waals surface area contributed by atoms with Gasteiger partial charge in [-0.3, -0.25) is 9.59 Å². The molecule has 0 saturated carbocycles. The standard InChI is InChI=1S/C12H24N2O3/c1-4-10(5-2)8-14(9-12(16)17-3)11(15)6-7-13/h10H,4-9,13H2,1-3H3. The van der Waals surface area contributed by atoms with Crippen molar-refractivity contribution < 1.29 is 14.3 Å². The third-order valence-electron chi connectivity index (χ3n) is 2.89. The third kappa shape index (κ3) is 6.26. The van der Waals surface area contributed by atoms with Gasteiger partial charge in [0, 0.05) is 19.5 Å². The molecule has 0 unspecified atom stereocenters. The molecule has 0 fully saturated rings. The summed E-state index contributed by atoms with van der Waals surface area (Å²) in [5, 5.41) is 0. The highest BCUT2D eigenvalue weighted by Gasteiger charge is 2.19. The van der Waals surface area contributed by atoms with E-state index in [2.05, 4.69) is 18.6 Å². The summed E-state index contributed by atoms with van der Waals surface area (Å²) in [6.07, 6.45) is 2.26. The Morgan fingerprint density at radius 2 is 1.88 bits per heavy atom. The fraction of sp³-hybridized carbons (Fsp3) is 0.833. The van der Waals surface area contributed by atoms with Crippen molar-refractivity contribution in [3.63, 3.8) is 0 Å². The maximum Gasteiger partial charge on any atom is 0.325 e. The predicted molar refractivity (Wildman–Crippen MR) is 66.3 cm³/mol. The van der Waals surface area contributed by atoms with Crippen molar-refractivity contribution in [3.05, 3.63) is 0 Å². The number of ether oxygens (including phenoxy) is 1. The molecule has 0 aromatic rings. The zero-order valence-corrected chi connectivity index (χ0v) is 11.1. The fourth-order valence-corrected chi connectivity index (χ4v) is 1.62. The van der Waals surface area contributed by atoms with E-state index in [0.717, 1.165) is 12.8 Å². The number of esters is 1. The molecule has 0 heterocycles. The molecule has 5 nitrogen and oxygen atoms in total. The van der Waals surface area contributed by atoms with E-state index in [1.807, 2.05) is 0 Å². The van der Waals surface area contributed by atoms with Crippen LogP contribution in [0.5, 0.6) is 0 Å². The van der Waals surface area contributed by atoms with Crippen molar-refractivity contribution in [2.45, 2.75) is 33.1 Å². The van der Waals surface area contributed by atoms with Gasteiger partial charge < -0.3 is 15.4 Å². The first-order valence-corrected chi connectivity index (χ1v) is 6.13. The summed E-state index contributed by atoms with van der Waals surface area (Å²) in [5.74, 6) is -0.0486. The van der Waals surface area contributed by atoms with Crippen molar-refractivity contribution in [2.75, 3.05) is 26.7 Å². The summed E-state index contributed by atoms with van der Waals surface area (Å²) in [6.45, 7) is 5.09. The van der Waals surface area contributed by atoms with E-state index in [9.17, 15) is 9.59 Å². The number of nitrogens with two attached hydrogens (primary N) is 1. The van der Waals surface area contributed by atoms with Crippen molar-refractivity contribution >= 4 is 11.9 Å². The van der Waals surface area contributed by atoms with Gasteiger partial charge >= 0.3 is 5.97 Å². The van der Waals surface area contributed by atoms with Gasteiger partial charge in [-0.05, 0) is 5.92 Å². The molecule has 0 atom stereocenters. The Kier molecular flexibility index (Phi) is 8.40. The highest BCUT2D eigenvalue weighted by Crippen LogP contribution is 2.10. The molecular weight excluding hydrogens is 220 g/mol.